The molecule has 0 spiro atoms. The Labute approximate surface area is 144 Å². The van der Waals surface area contributed by atoms with E-state index >= 15 is 0 Å². The van der Waals surface area contributed by atoms with Crippen LogP contribution in [0.1, 0.15) is 47.8 Å². The summed E-state index contributed by atoms with van der Waals surface area (Å²) in [4.78, 5) is 15.4. The molecule has 2 aliphatic rings. The predicted octanol–water partition coefficient (Wildman–Crippen LogP) is 3.30. The number of hydrogen-bond donors (Lipinski definition) is 3. The molecule has 1 aliphatic heterocycles. The summed E-state index contributed by atoms with van der Waals surface area (Å²) in [5.74, 6) is -1.35. The molecule has 2 aromatic rings. The molecule has 1 fully saturated rings. The van der Waals surface area contributed by atoms with E-state index in [1.807, 2.05) is 0 Å². The van der Waals surface area contributed by atoms with Gasteiger partial charge in [0.25, 0.3) is 0 Å². The Morgan fingerprint density at radius 3 is 2.88 bits per heavy atom. The number of hydrazine groups is 1. The highest BCUT2D eigenvalue weighted by molar-refractivity contribution is 5.94. The van der Waals surface area contributed by atoms with Crippen molar-refractivity contribution in [1.82, 2.24) is 10.4 Å². The Balaban J connectivity index is 1.67. The monoisotopic (exact) mass is 342 g/mol. The number of carboxylic acids is 1. The van der Waals surface area contributed by atoms with E-state index in [9.17, 15) is 14.3 Å². The first kappa shape index (κ1) is 15.8. The maximum atomic E-state index is 13.8. The minimum Gasteiger partial charge on any atom is -0.478 e. The summed E-state index contributed by atoms with van der Waals surface area (Å²) in [6.45, 7) is 0. The van der Waals surface area contributed by atoms with Gasteiger partial charge in [0.2, 0.25) is 0 Å². The lowest BCUT2D eigenvalue weighted by molar-refractivity contribution is 0.0697. The third kappa shape index (κ3) is 2.91. The van der Waals surface area contributed by atoms with Crippen molar-refractivity contribution in [1.29, 1.82) is 0 Å². The quantitative estimate of drug-likeness (QED) is 0.791. The molecular formula is C18H19FN4O2. The molecule has 3 N–H and O–H groups in total. The normalized spacial score (nSPS) is 19.9. The van der Waals surface area contributed by atoms with Gasteiger partial charge in [-0.2, -0.15) is 0 Å². The summed E-state index contributed by atoms with van der Waals surface area (Å²) in [5.41, 5.74) is 5.61. The number of pyridine rings is 1. The predicted molar refractivity (Wildman–Crippen MR) is 91.8 cm³/mol. The zero-order valence-corrected chi connectivity index (χ0v) is 13.6. The molecule has 0 amide bonds. The third-order valence-electron chi connectivity index (χ3n) is 4.87. The van der Waals surface area contributed by atoms with Crippen LogP contribution in [-0.4, -0.2) is 22.1 Å². The van der Waals surface area contributed by atoms with Gasteiger partial charge in [0.05, 0.1) is 23.1 Å². The largest absolute Gasteiger partial charge is 0.478 e. The SMILES string of the molecule is O=C(O)c1ccncc1NC1NN(C2CCCC2)c2ccc(F)cc21. The van der Waals surface area contributed by atoms with Crippen LogP contribution >= 0.6 is 0 Å². The van der Waals surface area contributed by atoms with Crippen LogP contribution in [0.15, 0.2) is 36.7 Å². The lowest BCUT2D eigenvalue weighted by Gasteiger charge is -2.28. The van der Waals surface area contributed by atoms with Gasteiger partial charge in [-0.1, -0.05) is 12.8 Å². The van der Waals surface area contributed by atoms with Crippen molar-refractivity contribution in [2.45, 2.75) is 37.9 Å². The van der Waals surface area contributed by atoms with Gasteiger partial charge in [-0.15, -0.1) is 0 Å². The minimum absolute atomic E-state index is 0.133. The van der Waals surface area contributed by atoms with E-state index in [-0.39, 0.29) is 11.4 Å². The topological polar surface area (TPSA) is 77.5 Å². The van der Waals surface area contributed by atoms with E-state index in [4.69, 9.17) is 0 Å². The lowest BCUT2D eigenvalue weighted by Crippen LogP contribution is -2.43. The summed E-state index contributed by atoms with van der Waals surface area (Å²) in [5, 5.41) is 14.6. The van der Waals surface area contributed by atoms with E-state index in [2.05, 4.69) is 20.7 Å². The fraction of sp³-hybridized carbons (Fsp3) is 0.333. The molecule has 1 aliphatic carbocycles. The van der Waals surface area contributed by atoms with Crippen LogP contribution in [0.4, 0.5) is 15.8 Å². The first-order valence-corrected chi connectivity index (χ1v) is 8.42. The molecule has 0 radical (unpaired) electrons. The van der Waals surface area contributed by atoms with Crippen molar-refractivity contribution >= 4 is 17.3 Å². The molecule has 0 bridgehead atoms. The zero-order chi connectivity index (χ0) is 17.4. The number of benzene rings is 1. The number of nitrogens with zero attached hydrogens (tertiary/aromatic N) is 2. The molecular weight excluding hydrogens is 323 g/mol. The van der Waals surface area contributed by atoms with Crippen molar-refractivity contribution in [3.05, 3.63) is 53.6 Å². The number of anilines is 2. The van der Waals surface area contributed by atoms with Crippen molar-refractivity contribution in [2.24, 2.45) is 0 Å². The number of aromatic nitrogens is 1. The molecule has 4 rings (SSSR count). The van der Waals surface area contributed by atoms with Crippen LogP contribution < -0.4 is 15.8 Å². The zero-order valence-electron chi connectivity index (χ0n) is 13.6. The minimum atomic E-state index is -1.03. The number of carboxylic acid groups (broad SMARTS) is 1. The van der Waals surface area contributed by atoms with Crippen molar-refractivity contribution in [2.75, 3.05) is 10.3 Å². The summed E-state index contributed by atoms with van der Waals surface area (Å²) in [6, 6.07) is 6.53. The van der Waals surface area contributed by atoms with Gasteiger partial charge < -0.3 is 15.4 Å². The lowest BCUT2D eigenvalue weighted by atomic mass is 10.1. The van der Waals surface area contributed by atoms with Gasteiger partial charge >= 0.3 is 5.97 Å². The number of aromatic carboxylic acids is 1. The highest BCUT2D eigenvalue weighted by atomic mass is 19.1. The van der Waals surface area contributed by atoms with E-state index in [1.54, 1.807) is 6.07 Å². The van der Waals surface area contributed by atoms with Crippen molar-refractivity contribution in [3.63, 3.8) is 0 Å². The van der Waals surface area contributed by atoms with Crippen molar-refractivity contribution in [3.8, 4) is 0 Å². The number of carbonyl (C=O) groups is 1. The Morgan fingerprint density at radius 1 is 1.32 bits per heavy atom. The summed E-state index contributed by atoms with van der Waals surface area (Å²) in [7, 11) is 0. The molecule has 0 saturated heterocycles. The maximum absolute atomic E-state index is 13.8. The second kappa shape index (κ2) is 6.33. The maximum Gasteiger partial charge on any atom is 0.337 e. The Morgan fingerprint density at radius 2 is 2.12 bits per heavy atom. The van der Waals surface area contributed by atoms with Crippen LogP contribution in [0.3, 0.4) is 0 Å². The molecule has 25 heavy (non-hydrogen) atoms. The van der Waals surface area contributed by atoms with E-state index in [0.29, 0.717) is 11.7 Å². The average molecular weight is 342 g/mol. The van der Waals surface area contributed by atoms with Gasteiger partial charge in [0.1, 0.15) is 12.0 Å². The van der Waals surface area contributed by atoms with E-state index in [0.717, 1.165) is 24.1 Å². The average Bonchev–Trinajstić information content (AvgIpc) is 3.23. The first-order valence-electron chi connectivity index (χ1n) is 8.42. The smallest absolute Gasteiger partial charge is 0.337 e. The van der Waals surface area contributed by atoms with Gasteiger partial charge in [0, 0.05) is 17.8 Å². The second-order valence-electron chi connectivity index (χ2n) is 6.44. The Bertz CT molecular complexity index is 807. The van der Waals surface area contributed by atoms with Gasteiger partial charge in [-0.3, -0.25) is 4.98 Å². The van der Waals surface area contributed by atoms with Crippen LogP contribution in [0.5, 0.6) is 0 Å². The standard InChI is InChI=1S/C18H19FN4O2/c19-11-5-6-16-14(9-11)17(22-23(16)12-3-1-2-4-12)21-15-10-20-8-7-13(15)18(24)25/h5-10,12,17,21-22H,1-4H2,(H,24,25). The van der Waals surface area contributed by atoms with Crippen LogP contribution in [-0.2, 0) is 0 Å². The molecule has 2 heterocycles. The number of halogens is 1. The molecule has 1 unspecified atom stereocenters. The molecule has 6 nitrogen and oxygen atoms in total. The van der Waals surface area contributed by atoms with Crippen molar-refractivity contribution < 1.29 is 14.3 Å². The van der Waals surface area contributed by atoms with Crippen LogP contribution in [0, 0.1) is 5.82 Å². The Kier molecular flexibility index (Phi) is 4.01. The Hall–Kier alpha value is -2.67. The number of rotatable bonds is 4. The van der Waals surface area contributed by atoms with E-state index in [1.165, 1.54) is 43.4 Å². The third-order valence-corrected chi connectivity index (χ3v) is 4.87. The van der Waals surface area contributed by atoms with Gasteiger partial charge in [-0.05, 0) is 37.1 Å². The molecule has 1 aromatic heterocycles. The number of hydrogen-bond acceptors (Lipinski definition) is 5. The summed E-state index contributed by atoms with van der Waals surface area (Å²) < 4.78 is 13.8. The number of fused-ring (bicyclic) bond motifs is 1. The second-order valence-corrected chi connectivity index (χ2v) is 6.44. The van der Waals surface area contributed by atoms with Crippen LogP contribution in [0.2, 0.25) is 0 Å². The first-order chi connectivity index (χ1) is 12.1. The molecule has 1 saturated carbocycles. The highest BCUT2D eigenvalue weighted by Crippen LogP contribution is 2.38. The molecule has 130 valence electrons. The molecule has 1 atom stereocenters. The van der Waals surface area contributed by atoms with E-state index < -0.39 is 12.1 Å². The fourth-order valence-electron chi connectivity index (χ4n) is 3.68. The molecule has 1 aromatic carbocycles. The molecule has 7 heteroatoms. The van der Waals surface area contributed by atoms with Gasteiger partial charge in [0.15, 0.2) is 0 Å². The van der Waals surface area contributed by atoms with Gasteiger partial charge in [-0.25, -0.2) is 14.6 Å². The highest BCUT2D eigenvalue weighted by Gasteiger charge is 2.34. The fourth-order valence-corrected chi connectivity index (χ4v) is 3.68. The number of nitrogens with one attached hydrogen (secondary N) is 2. The summed E-state index contributed by atoms with van der Waals surface area (Å²) in [6.07, 6.45) is 7.05. The summed E-state index contributed by atoms with van der Waals surface area (Å²) >= 11 is 0. The van der Waals surface area contributed by atoms with Crippen LogP contribution in [0.25, 0.3) is 0 Å².